The third-order valence-corrected chi connectivity index (χ3v) is 2.57. The largest absolute Gasteiger partial charge is 0.469 e. The second kappa shape index (κ2) is 8.36. The molecule has 0 saturated heterocycles. The summed E-state index contributed by atoms with van der Waals surface area (Å²) in [6.45, 7) is 6.84. The zero-order chi connectivity index (χ0) is 11.6. The van der Waals surface area contributed by atoms with Gasteiger partial charge in [-0.05, 0) is 38.4 Å². The van der Waals surface area contributed by atoms with Crippen LogP contribution in [-0.4, -0.2) is 25.8 Å². The van der Waals surface area contributed by atoms with Gasteiger partial charge in [-0.3, -0.25) is 0 Å². The molecular formula is C13H23NO2. The van der Waals surface area contributed by atoms with E-state index in [-0.39, 0.29) is 0 Å². The van der Waals surface area contributed by atoms with Crippen LogP contribution in [0.3, 0.4) is 0 Å². The topological polar surface area (TPSA) is 34.4 Å². The molecule has 0 amide bonds. The van der Waals surface area contributed by atoms with Crippen LogP contribution in [0.5, 0.6) is 0 Å². The van der Waals surface area contributed by atoms with Crippen molar-refractivity contribution in [1.82, 2.24) is 5.32 Å². The van der Waals surface area contributed by atoms with Crippen LogP contribution in [0.1, 0.15) is 32.4 Å². The molecule has 1 N–H and O–H groups in total. The van der Waals surface area contributed by atoms with E-state index in [1.807, 2.05) is 19.1 Å². The molecule has 3 heteroatoms. The minimum atomic E-state index is 0.497. The number of nitrogens with one attached hydrogen (secondary N) is 1. The van der Waals surface area contributed by atoms with Gasteiger partial charge in [-0.2, -0.15) is 0 Å². The number of hydrogen-bond acceptors (Lipinski definition) is 3. The van der Waals surface area contributed by atoms with Crippen molar-refractivity contribution in [3.8, 4) is 0 Å². The molecule has 0 radical (unpaired) electrons. The first-order valence-electron chi connectivity index (χ1n) is 6.20. The Kier molecular flexibility index (Phi) is 6.93. The van der Waals surface area contributed by atoms with E-state index >= 15 is 0 Å². The Hall–Kier alpha value is -0.800. The van der Waals surface area contributed by atoms with E-state index in [0.717, 1.165) is 44.8 Å². The lowest BCUT2D eigenvalue weighted by atomic mass is 10.1. The van der Waals surface area contributed by atoms with Crippen LogP contribution in [0.2, 0.25) is 0 Å². The first kappa shape index (κ1) is 13.3. The van der Waals surface area contributed by atoms with Crippen LogP contribution in [0, 0.1) is 0 Å². The summed E-state index contributed by atoms with van der Waals surface area (Å²) in [6.07, 6.45) is 4.94. The predicted octanol–water partition coefficient (Wildman–Crippen LogP) is 2.62. The van der Waals surface area contributed by atoms with Gasteiger partial charge in [0.25, 0.3) is 0 Å². The molecular weight excluding hydrogens is 202 g/mol. The van der Waals surface area contributed by atoms with Crippen LogP contribution in [0.15, 0.2) is 22.8 Å². The van der Waals surface area contributed by atoms with E-state index in [1.54, 1.807) is 6.26 Å². The summed E-state index contributed by atoms with van der Waals surface area (Å²) in [5.74, 6) is 1.06. The van der Waals surface area contributed by atoms with E-state index in [4.69, 9.17) is 9.15 Å². The van der Waals surface area contributed by atoms with Crippen LogP contribution in [0.4, 0.5) is 0 Å². The van der Waals surface area contributed by atoms with Gasteiger partial charge in [0.05, 0.1) is 6.26 Å². The highest BCUT2D eigenvalue weighted by Gasteiger charge is 2.09. The van der Waals surface area contributed by atoms with Crippen LogP contribution in [-0.2, 0) is 11.2 Å². The maximum atomic E-state index is 5.37. The summed E-state index contributed by atoms with van der Waals surface area (Å²) < 4.78 is 10.7. The second-order valence-electron chi connectivity index (χ2n) is 3.88. The quantitative estimate of drug-likeness (QED) is 0.656. The second-order valence-corrected chi connectivity index (χ2v) is 3.88. The fourth-order valence-electron chi connectivity index (χ4n) is 1.81. The van der Waals surface area contributed by atoms with Gasteiger partial charge in [-0.15, -0.1) is 0 Å². The van der Waals surface area contributed by atoms with Gasteiger partial charge < -0.3 is 14.5 Å². The highest BCUT2D eigenvalue weighted by atomic mass is 16.5. The maximum Gasteiger partial charge on any atom is 0.105 e. The number of likely N-dealkylation sites (N-methyl/N-ethyl adjacent to an activating group) is 1. The number of furan rings is 1. The normalized spacial score (nSPS) is 12.9. The van der Waals surface area contributed by atoms with E-state index in [9.17, 15) is 0 Å². The summed E-state index contributed by atoms with van der Waals surface area (Å²) >= 11 is 0. The van der Waals surface area contributed by atoms with E-state index in [2.05, 4.69) is 12.2 Å². The molecule has 1 unspecified atom stereocenters. The summed E-state index contributed by atoms with van der Waals surface area (Å²) in [4.78, 5) is 0. The first-order chi connectivity index (χ1) is 7.86. The standard InChI is InChI=1S/C13H23NO2/c1-3-14-12(7-5-9-15-4-2)11-13-8-6-10-16-13/h6,8,10,12,14H,3-5,7,9,11H2,1-2H3. The van der Waals surface area contributed by atoms with Gasteiger partial charge in [-0.1, -0.05) is 6.92 Å². The van der Waals surface area contributed by atoms with E-state index < -0.39 is 0 Å². The van der Waals surface area contributed by atoms with Gasteiger partial charge in [-0.25, -0.2) is 0 Å². The number of hydrogen-bond donors (Lipinski definition) is 1. The average Bonchev–Trinajstić information content (AvgIpc) is 2.77. The predicted molar refractivity (Wildman–Crippen MR) is 65.6 cm³/mol. The molecule has 0 bridgehead atoms. The highest BCUT2D eigenvalue weighted by molar-refractivity contribution is 5.00. The van der Waals surface area contributed by atoms with E-state index in [1.165, 1.54) is 0 Å². The Morgan fingerprint density at radius 3 is 2.94 bits per heavy atom. The molecule has 16 heavy (non-hydrogen) atoms. The Bertz CT molecular complexity index is 246. The molecule has 1 aromatic rings. The molecule has 0 spiro atoms. The first-order valence-corrected chi connectivity index (χ1v) is 6.20. The molecule has 0 aromatic carbocycles. The SMILES string of the molecule is CCNC(CCCOCC)Cc1ccco1. The zero-order valence-corrected chi connectivity index (χ0v) is 10.4. The molecule has 1 rings (SSSR count). The Morgan fingerprint density at radius 1 is 1.44 bits per heavy atom. The minimum Gasteiger partial charge on any atom is -0.469 e. The maximum absolute atomic E-state index is 5.37. The van der Waals surface area contributed by atoms with Crippen LogP contribution >= 0.6 is 0 Å². The molecule has 0 fully saturated rings. The molecule has 0 aliphatic rings. The minimum absolute atomic E-state index is 0.497. The van der Waals surface area contributed by atoms with Gasteiger partial charge >= 0.3 is 0 Å². The van der Waals surface area contributed by atoms with Gasteiger partial charge in [0.15, 0.2) is 0 Å². The van der Waals surface area contributed by atoms with Gasteiger partial charge in [0.1, 0.15) is 5.76 Å². The van der Waals surface area contributed by atoms with Crippen molar-refractivity contribution in [3.63, 3.8) is 0 Å². The molecule has 1 aromatic heterocycles. The molecule has 92 valence electrons. The van der Waals surface area contributed by atoms with E-state index in [0.29, 0.717) is 6.04 Å². The Balaban J connectivity index is 2.24. The fraction of sp³-hybridized carbons (Fsp3) is 0.692. The molecule has 1 atom stereocenters. The molecule has 1 heterocycles. The summed E-state index contributed by atoms with van der Waals surface area (Å²) in [5.41, 5.74) is 0. The Labute approximate surface area is 98.2 Å². The lowest BCUT2D eigenvalue weighted by molar-refractivity contribution is 0.140. The summed E-state index contributed by atoms with van der Waals surface area (Å²) in [7, 11) is 0. The van der Waals surface area contributed by atoms with Crippen molar-refractivity contribution >= 4 is 0 Å². The number of rotatable bonds is 9. The van der Waals surface area contributed by atoms with Crippen molar-refractivity contribution in [2.45, 2.75) is 39.2 Å². The van der Waals surface area contributed by atoms with Crippen molar-refractivity contribution in [2.75, 3.05) is 19.8 Å². The smallest absolute Gasteiger partial charge is 0.105 e. The third-order valence-electron chi connectivity index (χ3n) is 2.57. The monoisotopic (exact) mass is 225 g/mol. The highest BCUT2D eigenvalue weighted by Crippen LogP contribution is 2.08. The molecule has 0 aliphatic carbocycles. The van der Waals surface area contributed by atoms with Crippen molar-refractivity contribution in [2.24, 2.45) is 0 Å². The lowest BCUT2D eigenvalue weighted by Crippen LogP contribution is -2.31. The van der Waals surface area contributed by atoms with Crippen LogP contribution < -0.4 is 5.32 Å². The molecule has 0 saturated carbocycles. The fourth-order valence-corrected chi connectivity index (χ4v) is 1.81. The van der Waals surface area contributed by atoms with Crippen molar-refractivity contribution in [3.05, 3.63) is 24.2 Å². The molecule has 3 nitrogen and oxygen atoms in total. The molecule has 0 aliphatic heterocycles. The van der Waals surface area contributed by atoms with Crippen molar-refractivity contribution < 1.29 is 9.15 Å². The lowest BCUT2D eigenvalue weighted by Gasteiger charge is -2.16. The Morgan fingerprint density at radius 2 is 2.31 bits per heavy atom. The summed E-state index contributed by atoms with van der Waals surface area (Å²) in [6, 6.07) is 4.47. The zero-order valence-electron chi connectivity index (χ0n) is 10.4. The van der Waals surface area contributed by atoms with Gasteiger partial charge in [0, 0.05) is 25.7 Å². The number of ether oxygens (including phenoxy) is 1. The third kappa shape index (κ3) is 5.33. The van der Waals surface area contributed by atoms with Crippen LogP contribution in [0.25, 0.3) is 0 Å². The van der Waals surface area contributed by atoms with Crippen molar-refractivity contribution in [1.29, 1.82) is 0 Å². The average molecular weight is 225 g/mol. The van der Waals surface area contributed by atoms with Gasteiger partial charge in [0.2, 0.25) is 0 Å². The summed E-state index contributed by atoms with van der Waals surface area (Å²) in [5, 5.41) is 3.48.